The van der Waals surface area contributed by atoms with Gasteiger partial charge >= 0.3 is 0 Å². The molecule has 20 heavy (non-hydrogen) atoms. The Morgan fingerprint density at radius 2 is 1.75 bits per heavy atom. The highest BCUT2D eigenvalue weighted by molar-refractivity contribution is 5.48. The van der Waals surface area contributed by atoms with E-state index >= 15 is 0 Å². The van der Waals surface area contributed by atoms with Gasteiger partial charge in [0.2, 0.25) is 0 Å². The SMILES string of the molecule is COc1cc2c(cc1OC)CN(CC(C)(C)CN)CC2. The molecule has 0 bridgehead atoms. The molecular formula is C16H26N2O2. The zero-order chi connectivity index (χ0) is 14.8. The number of methoxy groups -OCH3 is 2. The van der Waals surface area contributed by atoms with E-state index in [2.05, 4.69) is 30.9 Å². The fourth-order valence-electron chi connectivity index (χ4n) is 2.75. The summed E-state index contributed by atoms with van der Waals surface area (Å²) < 4.78 is 10.8. The molecule has 0 saturated heterocycles. The number of rotatable bonds is 5. The van der Waals surface area contributed by atoms with Crippen LogP contribution in [0.5, 0.6) is 11.5 Å². The van der Waals surface area contributed by atoms with Crippen molar-refractivity contribution in [3.63, 3.8) is 0 Å². The van der Waals surface area contributed by atoms with Crippen molar-refractivity contribution in [1.29, 1.82) is 0 Å². The summed E-state index contributed by atoms with van der Waals surface area (Å²) in [4.78, 5) is 2.47. The van der Waals surface area contributed by atoms with Crippen LogP contribution in [0.25, 0.3) is 0 Å². The lowest BCUT2D eigenvalue weighted by atomic mass is 9.91. The Morgan fingerprint density at radius 1 is 1.15 bits per heavy atom. The zero-order valence-corrected chi connectivity index (χ0v) is 13.0. The molecule has 0 atom stereocenters. The number of hydrogen-bond donors (Lipinski definition) is 1. The van der Waals surface area contributed by atoms with Crippen molar-refractivity contribution < 1.29 is 9.47 Å². The molecule has 0 unspecified atom stereocenters. The molecule has 1 aliphatic rings. The average molecular weight is 278 g/mol. The number of benzene rings is 1. The predicted molar refractivity (Wildman–Crippen MR) is 81.4 cm³/mol. The Kier molecular flexibility index (Phi) is 4.55. The highest BCUT2D eigenvalue weighted by Crippen LogP contribution is 2.33. The zero-order valence-electron chi connectivity index (χ0n) is 13.0. The van der Waals surface area contributed by atoms with E-state index in [0.29, 0.717) is 6.54 Å². The van der Waals surface area contributed by atoms with Crippen molar-refractivity contribution in [2.45, 2.75) is 26.8 Å². The molecule has 2 rings (SSSR count). The maximum absolute atomic E-state index is 5.84. The van der Waals surface area contributed by atoms with Crippen LogP contribution < -0.4 is 15.2 Å². The lowest BCUT2D eigenvalue weighted by Gasteiger charge is -2.35. The van der Waals surface area contributed by atoms with Gasteiger partial charge in [0.1, 0.15) is 0 Å². The summed E-state index contributed by atoms with van der Waals surface area (Å²) in [5.41, 5.74) is 8.70. The first kappa shape index (κ1) is 15.1. The molecule has 1 aromatic rings. The van der Waals surface area contributed by atoms with E-state index in [4.69, 9.17) is 15.2 Å². The van der Waals surface area contributed by atoms with E-state index in [9.17, 15) is 0 Å². The van der Waals surface area contributed by atoms with Crippen LogP contribution in [-0.2, 0) is 13.0 Å². The van der Waals surface area contributed by atoms with Gasteiger partial charge < -0.3 is 15.2 Å². The normalized spacial score (nSPS) is 15.8. The smallest absolute Gasteiger partial charge is 0.161 e. The standard InChI is InChI=1S/C16H26N2O2/c1-16(2,10-17)11-18-6-5-12-7-14(19-3)15(20-4)8-13(12)9-18/h7-8H,5-6,9-11,17H2,1-4H3. The third-order valence-corrected chi connectivity index (χ3v) is 4.00. The molecule has 1 aromatic carbocycles. The number of fused-ring (bicyclic) bond motifs is 1. The third-order valence-electron chi connectivity index (χ3n) is 4.00. The average Bonchev–Trinajstić information content (AvgIpc) is 2.45. The number of ether oxygens (including phenoxy) is 2. The minimum atomic E-state index is 0.161. The van der Waals surface area contributed by atoms with Crippen LogP contribution in [0.15, 0.2) is 12.1 Å². The highest BCUT2D eigenvalue weighted by atomic mass is 16.5. The molecule has 2 N–H and O–H groups in total. The summed E-state index contributed by atoms with van der Waals surface area (Å²) >= 11 is 0. The largest absolute Gasteiger partial charge is 0.493 e. The minimum absolute atomic E-state index is 0.161. The van der Waals surface area contributed by atoms with Gasteiger partial charge in [-0.25, -0.2) is 0 Å². The molecule has 0 radical (unpaired) electrons. The first-order valence-corrected chi connectivity index (χ1v) is 7.15. The van der Waals surface area contributed by atoms with Gasteiger partial charge in [0.15, 0.2) is 11.5 Å². The number of nitrogens with zero attached hydrogens (tertiary/aromatic N) is 1. The van der Waals surface area contributed by atoms with Crippen LogP contribution in [0.1, 0.15) is 25.0 Å². The first-order chi connectivity index (χ1) is 9.49. The van der Waals surface area contributed by atoms with E-state index < -0.39 is 0 Å². The van der Waals surface area contributed by atoms with Crippen molar-refractivity contribution in [3.8, 4) is 11.5 Å². The van der Waals surface area contributed by atoms with Gasteiger partial charge in [-0.2, -0.15) is 0 Å². The van der Waals surface area contributed by atoms with E-state index in [1.807, 2.05) is 0 Å². The highest BCUT2D eigenvalue weighted by Gasteiger charge is 2.24. The van der Waals surface area contributed by atoms with Gasteiger partial charge in [-0.15, -0.1) is 0 Å². The van der Waals surface area contributed by atoms with Gasteiger partial charge in [-0.1, -0.05) is 13.8 Å². The molecule has 0 spiro atoms. The molecule has 4 nitrogen and oxygen atoms in total. The number of hydrogen-bond acceptors (Lipinski definition) is 4. The van der Waals surface area contributed by atoms with Crippen molar-refractivity contribution in [3.05, 3.63) is 23.3 Å². The Morgan fingerprint density at radius 3 is 2.30 bits per heavy atom. The molecule has 0 amide bonds. The topological polar surface area (TPSA) is 47.7 Å². The second kappa shape index (κ2) is 6.02. The minimum Gasteiger partial charge on any atom is -0.493 e. The van der Waals surface area contributed by atoms with E-state index in [0.717, 1.165) is 37.6 Å². The summed E-state index contributed by atoms with van der Waals surface area (Å²) in [6.45, 7) is 8.21. The Balaban J connectivity index is 2.17. The summed E-state index contributed by atoms with van der Waals surface area (Å²) in [5, 5.41) is 0. The molecule has 0 saturated carbocycles. The Bertz CT molecular complexity index is 472. The van der Waals surface area contributed by atoms with Crippen molar-refractivity contribution in [2.24, 2.45) is 11.1 Å². The van der Waals surface area contributed by atoms with E-state index in [-0.39, 0.29) is 5.41 Å². The molecule has 4 heteroatoms. The van der Waals surface area contributed by atoms with E-state index in [1.165, 1.54) is 11.1 Å². The molecule has 0 aromatic heterocycles. The molecule has 0 fully saturated rings. The fraction of sp³-hybridized carbons (Fsp3) is 0.625. The predicted octanol–water partition coefficient (Wildman–Crippen LogP) is 2.05. The van der Waals surface area contributed by atoms with Crippen LogP contribution in [0.3, 0.4) is 0 Å². The summed E-state index contributed by atoms with van der Waals surface area (Å²) in [6.07, 6.45) is 1.05. The van der Waals surface area contributed by atoms with Crippen LogP contribution in [0.2, 0.25) is 0 Å². The lowest BCUT2D eigenvalue weighted by Crippen LogP contribution is -2.41. The van der Waals surface area contributed by atoms with Crippen LogP contribution >= 0.6 is 0 Å². The monoisotopic (exact) mass is 278 g/mol. The van der Waals surface area contributed by atoms with Gasteiger partial charge in [0.25, 0.3) is 0 Å². The van der Waals surface area contributed by atoms with Crippen molar-refractivity contribution in [1.82, 2.24) is 4.90 Å². The van der Waals surface area contributed by atoms with Gasteiger partial charge in [0.05, 0.1) is 14.2 Å². The second-order valence-corrected chi connectivity index (χ2v) is 6.30. The Hall–Kier alpha value is -1.26. The van der Waals surface area contributed by atoms with Crippen LogP contribution in [-0.4, -0.2) is 38.8 Å². The lowest BCUT2D eigenvalue weighted by molar-refractivity contribution is 0.169. The van der Waals surface area contributed by atoms with Crippen LogP contribution in [0, 0.1) is 5.41 Å². The maximum Gasteiger partial charge on any atom is 0.161 e. The summed E-state index contributed by atoms with van der Waals surface area (Å²) in [5.74, 6) is 1.63. The van der Waals surface area contributed by atoms with Crippen molar-refractivity contribution in [2.75, 3.05) is 33.9 Å². The van der Waals surface area contributed by atoms with Crippen LogP contribution in [0.4, 0.5) is 0 Å². The third kappa shape index (κ3) is 3.25. The molecule has 1 aliphatic heterocycles. The van der Waals surface area contributed by atoms with Crippen molar-refractivity contribution >= 4 is 0 Å². The molecule has 112 valence electrons. The fourth-order valence-corrected chi connectivity index (χ4v) is 2.75. The molecule has 1 heterocycles. The second-order valence-electron chi connectivity index (χ2n) is 6.30. The quantitative estimate of drug-likeness (QED) is 0.895. The van der Waals surface area contributed by atoms with Gasteiger partial charge in [-0.05, 0) is 41.6 Å². The Labute approximate surface area is 121 Å². The van der Waals surface area contributed by atoms with E-state index in [1.54, 1.807) is 14.2 Å². The van der Waals surface area contributed by atoms with Gasteiger partial charge in [-0.3, -0.25) is 4.90 Å². The molecular weight excluding hydrogens is 252 g/mol. The number of nitrogens with two attached hydrogens (primary N) is 1. The van der Waals surface area contributed by atoms with Gasteiger partial charge in [0, 0.05) is 19.6 Å². The molecule has 0 aliphatic carbocycles. The first-order valence-electron chi connectivity index (χ1n) is 7.15. The summed E-state index contributed by atoms with van der Waals surface area (Å²) in [7, 11) is 3.37. The maximum atomic E-state index is 5.84. The summed E-state index contributed by atoms with van der Waals surface area (Å²) in [6, 6.07) is 4.22.